The number of rotatable bonds is 1. The van der Waals surface area contributed by atoms with Crippen molar-refractivity contribution in [1.82, 2.24) is 0 Å². The molecule has 0 atom stereocenters. The van der Waals surface area contributed by atoms with Gasteiger partial charge in [-0.05, 0) is 49.2 Å². The Balaban J connectivity index is 1.90. The molecule has 0 aliphatic carbocycles. The molecule has 0 unspecified atom stereocenters. The van der Waals surface area contributed by atoms with Crippen LogP contribution in [0.1, 0.15) is 22.3 Å². The van der Waals surface area contributed by atoms with Crippen LogP contribution < -0.4 is 0 Å². The van der Waals surface area contributed by atoms with Gasteiger partial charge in [-0.1, -0.05) is 53.8 Å². The van der Waals surface area contributed by atoms with E-state index in [0.717, 1.165) is 16.7 Å². The quantitative estimate of drug-likeness (QED) is 0.509. The van der Waals surface area contributed by atoms with Crippen molar-refractivity contribution in [3.8, 4) is 23.0 Å². The number of hydrogen-bond donors (Lipinski definition) is 0. The van der Waals surface area contributed by atoms with Gasteiger partial charge in [-0.15, -0.1) is 0 Å². The van der Waals surface area contributed by atoms with E-state index in [1.807, 2.05) is 38.1 Å². The zero-order chi connectivity index (χ0) is 17.1. The summed E-state index contributed by atoms with van der Waals surface area (Å²) in [6.07, 6.45) is 0. The second kappa shape index (κ2) is 6.68. The van der Waals surface area contributed by atoms with Crippen molar-refractivity contribution in [2.75, 3.05) is 0 Å². The van der Waals surface area contributed by atoms with Gasteiger partial charge in [0, 0.05) is 11.1 Å². The predicted octanol–water partition coefficient (Wildman–Crippen LogP) is 5.65. The minimum Gasteiger partial charge on any atom is -0.206 e. The van der Waals surface area contributed by atoms with Crippen LogP contribution >= 0.6 is 0 Å². The first-order chi connectivity index (χ1) is 11.5. The SMILES string of the molecule is Cc1ccc(-c2ccc(C#Cc3ccc(C)cc3F)cc2F)cc1. The molecule has 3 aromatic carbocycles. The van der Waals surface area contributed by atoms with Crippen molar-refractivity contribution in [2.45, 2.75) is 13.8 Å². The number of halogens is 2. The Labute approximate surface area is 140 Å². The van der Waals surface area contributed by atoms with Crippen LogP contribution in [-0.4, -0.2) is 0 Å². The molecule has 0 saturated heterocycles. The monoisotopic (exact) mass is 318 g/mol. The molecule has 3 aromatic rings. The highest BCUT2D eigenvalue weighted by molar-refractivity contribution is 5.65. The summed E-state index contributed by atoms with van der Waals surface area (Å²) in [4.78, 5) is 0. The van der Waals surface area contributed by atoms with Gasteiger partial charge in [0.1, 0.15) is 11.6 Å². The topological polar surface area (TPSA) is 0 Å². The van der Waals surface area contributed by atoms with Crippen LogP contribution in [0.5, 0.6) is 0 Å². The van der Waals surface area contributed by atoms with Gasteiger partial charge in [-0.3, -0.25) is 0 Å². The van der Waals surface area contributed by atoms with Crippen LogP contribution in [0.3, 0.4) is 0 Å². The Hall–Kier alpha value is -2.92. The molecule has 24 heavy (non-hydrogen) atoms. The first-order valence-corrected chi connectivity index (χ1v) is 7.68. The molecular weight excluding hydrogens is 302 g/mol. The summed E-state index contributed by atoms with van der Waals surface area (Å²) in [7, 11) is 0. The summed E-state index contributed by atoms with van der Waals surface area (Å²) in [5.74, 6) is 4.88. The van der Waals surface area contributed by atoms with Crippen LogP contribution in [0.15, 0.2) is 60.7 Å². The van der Waals surface area contributed by atoms with Crippen molar-refractivity contribution in [3.05, 3.63) is 94.6 Å². The normalized spacial score (nSPS) is 10.2. The maximum Gasteiger partial charge on any atom is 0.139 e. The molecule has 0 nitrogen and oxygen atoms in total. The average Bonchev–Trinajstić information content (AvgIpc) is 2.55. The van der Waals surface area contributed by atoms with E-state index in [1.54, 1.807) is 24.3 Å². The molecule has 0 aromatic heterocycles. The summed E-state index contributed by atoms with van der Waals surface area (Å²) in [6, 6.07) is 17.4. The Morgan fingerprint density at radius 2 is 1.38 bits per heavy atom. The minimum absolute atomic E-state index is 0.309. The predicted molar refractivity (Wildman–Crippen MR) is 93.7 cm³/mol. The Morgan fingerprint density at radius 3 is 2.04 bits per heavy atom. The molecule has 0 radical (unpaired) electrons. The molecule has 3 rings (SSSR count). The molecule has 0 amide bonds. The number of hydrogen-bond acceptors (Lipinski definition) is 0. The van der Waals surface area contributed by atoms with E-state index in [-0.39, 0.29) is 11.6 Å². The highest BCUT2D eigenvalue weighted by atomic mass is 19.1. The molecule has 0 fully saturated rings. The van der Waals surface area contributed by atoms with Crippen molar-refractivity contribution in [3.63, 3.8) is 0 Å². The molecule has 0 saturated carbocycles. The van der Waals surface area contributed by atoms with Crippen LogP contribution in [0.25, 0.3) is 11.1 Å². The van der Waals surface area contributed by atoms with E-state index in [4.69, 9.17) is 0 Å². The first-order valence-electron chi connectivity index (χ1n) is 7.68. The first kappa shape index (κ1) is 16.0. The Kier molecular flexibility index (Phi) is 4.44. The molecule has 0 N–H and O–H groups in total. The zero-order valence-corrected chi connectivity index (χ0v) is 13.5. The fourth-order valence-electron chi connectivity index (χ4n) is 2.42. The molecule has 0 aliphatic rings. The standard InChI is InChI=1S/C22H16F2/c1-15-3-8-18(9-4-15)20-12-7-17(14-22(20)24)6-11-19-10-5-16(2)13-21(19)23/h3-5,7-10,12-14H,1-2H3. The lowest BCUT2D eigenvalue weighted by atomic mass is 10.0. The largest absolute Gasteiger partial charge is 0.206 e. The smallest absolute Gasteiger partial charge is 0.139 e. The van der Waals surface area contributed by atoms with E-state index in [1.165, 1.54) is 12.1 Å². The molecule has 0 heterocycles. The van der Waals surface area contributed by atoms with Crippen molar-refractivity contribution in [2.24, 2.45) is 0 Å². The summed E-state index contributed by atoms with van der Waals surface area (Å²) < 4.78 is 28.1. The highest BCUT2D eigenvalue weighted by Crippen LogP contribution is 2.24. The lowest BCUT2D eigenvalue weighted by Crippen LogP contribution is -1.88. The van der Waals surface area contributed by atoms with Gasteiger partial charge in [0.15, 0.2) is 0 Å². The van der Waals surface area contributed by atoms with E-state index in [9.17, 15) is 8.78 Å². The van der Waals surface area contributed by atoms with Crippen LogP contribution in [-0.2, 0) is 0 Å². The van der Waals surface area contributed by atoms with Crippen LogP contribution in [0, 0.1) is 37.3 Å². The van der Waals surface area contributed by atoms with Crippen LogP contribution in [0.4, 0.5) is 8.78 Å². The maximum atomic E-state index is 14.4. The van der Waals surface area contributed by atoms with Crippen molar-refractivity contribution >= 4 is 0 Å². The van der Waals surface area contributed by atoms with E-state index < -0.39 is 0 Å². The molecular formula is C22H16F2. The van der Waals surface area contributed by atoms with Gasteiger partial charge in [0.05, 0.1) is 5.56 Å². The van der Waals surface area contributed by atoms with Gasteiger partial charge in [-0.2, -0.15) is 0 Å². The summed E-state index contributed by atoms with van der Waals surface area (Å²) in [5, 5.41) is 0. The van der Waals surface area contributed by atoms with E-state index in [2.05, 4.69) is 11.8 Å². The second-order valence-electron chi connectivity index (χ2n) is 5.79. The van der Waals surface area contributed by atoms with Gasteiger partial charge < -0.3 is 0 Å². The molecule has 0 spiro atoms. The van der Waals surface area contributed by atoms with E-state index in [0.29, 0.717) is 16.7 Å². The Bertz CT molecular complexity index is 942. The third-order valence-corrected chi connectivity index (χ3v) is 3.80. The lowest BCUT2D eigenvalue weighted by Gasteiger charge is -2.04. The third kappa shape index (κ3) is 3.52. The van der Waals surface area contributed by atoms with Crippen molar-refractivity contribution in [1.29, 1.82) is 0 Å². The number of aryl methyl sites for hydroxylation is 2. The zero-order valence-electron chi connectivity index (χ0n) is 13.5. The Morgan fingerprint density at radius 1 is 0.667 bits per heavy atom. The third-order valence-electron chi connectivity index (χ3n) is 3.80. The van der Waals surface area contributed by atoms with Crippen LogP contribution in [0.2, 0.25) is 0 Å². The highest BCUT2D eigenvalue weighted by Gasteiger charge is 2.05. The van der Waals surface area contributed by atoms with E-state index >= 15 is 0 Å². The second-order valence-corrected chi connectivity index (χ2v) is 5.79. The van der Waals surface area contributed by atoms with Gasteiger partial charge in [0.2, 0.25) is 0 Å². The fourth-order valence-corrected chi connectivity index (χ4v) is 2.42. The maximum absolute atomic E-state index is 14.4. The van der Waals surface area contributed by atoms with Gasteiger partial charge in [0.25, 0.3) is 0 Å². The molecule has 0 aliphatic heterocycles. The number of benzene rings is 3. The molecule has 0 bridgehead atoms. The summed E-state index contributed by atoms with van der Waals surface area (Å²) in [5.41, 5.74) is 4.14. The molecule has 118 valence electrons. The molecule has 2 heteroatoms. The summed E-state index contributed by atoms with van der Waals surface area (Å²) in [6.45, 7) is 3.81. The van der Waals surface area contributed by atoms with Crippen molar-refractivity contribution < 1.29 is 8.78 Å². The van der Waals surface area contributed by atoms with Gasteiger partial charge >= 0.3 is 0 Å². The average molecular weight is 318 g/mol. The summed E-state index contributed by atoms with van der Waals surface area (Å²) >= 11 is 0. The fraction of sp³-hybridized carbons (Fsp3) is 0.0909. The van der Waals surface area contributed by atoms with Gasteiger partial charge in [-0.25, -0.2) is 8.78 Å². The lowest BCUT2D eigenvalue weighted by molar-refractivity contribution is 0.623. The minimum atomic E-state index is -0.362.